The first-order valence-electron chi connectivity index (χ1n) is 8.27. The summed E-state index contributed by atoms with van der Waals surface area (Å²) in [7, 11) is -3.55. The third-order valence-corrected chi connectivity index (χ3v) is 5.95. The van der Waals surface area contributed by atoms with Crippen LogP contribution in [0, 0.1) is 0 Å². The molecule has 7 heteroatoms. The van der Waals surface area contributed by atoms with E-state index in [-0.39, 0.29) is 24.8 Å². The van der Waals surface area contributed by atoms with Crippen LogP contribution in [0.15, 0.2) is 59.1 Å². The number of benzene rings is 2. The van der Waals surface area contributed by atoms with Crippen LogP contribution in [0.4, 0.5) is 0 Å². The van der Waals surface area contributed by atoms with Gasteiger partial charge in [0.25, 0.3) is 0 Å². The van der Waals surface area contributed by atoms with Crippen molar-refractivity contribution in [3.63, 3.8) is 0 Å². The molecule has 5 nitrogen and oxygen atoms in total. The number of carbonyl (C=O) groups is 1. The average Bonchev–Trinajstić information content (AvgIpc) is 2.60. The van der Waals surface area contributed by atoms with Crippen molar-refractivity contribution >= 4 is 31.7 Å². The molecule has 0 aromatic heterocycles. The van der Waals surface area contributed by atoms with Crippen molar-refractivity contribution in [1.29, 1.82) is 0 Å². The first-order chi connectivity index (χ1) is 12.4. The first-order valence-corrected chi connectivity index (χ1v) is 10.9. The number of sulfone groups is 1. The fourth-order valence-corrected chi connectivity index (χ4v) is 4.21. The molecule has 0 aliphatic carbocycles. The van der Waals surface area contributed by atoms with Crippen molar-refractivity contribution in [2.24, 2.45) is 0 Å². The molecule has 0 heterocycles. The minimum Gasteiger partial charge on any atom is -0.396 e. The summed E-state index contributed by atoms with van der Waals surface area (Å²) in [4.78, 5) is 12.1. The van der Waals surface area contributed by atoms with E-state index >= 15 is 0 Å². The van der Waals surface area contributed by atoms with Crippen LogP contribution in [0.5, 0.6) is 0 Å². The molecule has 0 aliphatic heterocycles. The standard InChI is InChI=1S/C19H22BrNO4S/c20-18-8-6-15(7-9-18)13-26(24,25)14-19(23)21-12-17(10-11-22)16-4-2-1-3-5-16/h1-9,17,22H,10-14H2,(H,21,23). The Labute approximate surface area is 162 Å². The zero-order valence-corrected chi connectivity index (χ0v) is 16.7. The van der Waals surface area contributed by atoms with Gasteiger partial charge in [-0.3, -0.25) is 4.79 Å². The maximum absolute atomic E-state index is 12.2. The molecule has 0 spiro atoms. The summed E-state index contributed by atoms with van der Waals surface area (Å²) in [5.41, 5.74) is 1.64. The molecule has 26 heavy (non-hydrogen) atoms. The number of rotatable bonds is 9. The van der Waals surface area contributed by atoms with E-state index < -0.39 is 21.5 Å². The lowest BCUT2D eigenvalue weighted by Crippen LogP contribution is -2.34. The molecule has 140 valence electrons. The van der Waals surface area contributed by atoms with E-state index in [0.717, 1.165) is 10.0 Å². The number of carbonyl (C=O) groups excluding carboxylic acids is 1. The Morgan fingerprint density at radius 3 is 2.35 bits per heavy atom. The van der Waals surface area contributed by atoms with Crippen molar-refractivity contribution in [2.75, 3.05) is 18.9 Å². The molecule has 0 saturated heterocycles. The normalized spacial score (nSPS) is 12.5. The van der Waals surface area contributed by atoms with E-state index in [1.54, 1.807) is 24.3 Å². The summed E-state index contributed by atoms with van der Waals surface area (Å²) >= 11 is 3.30. The second-order valence-corrected chi connectivity index (χ2v) is 9.06. The summed E-state index contributed by atoms with van der Waals surface area (Å²) in [6.45, 7) is 0.286. The van der Waals surface area contributed by atoms with Gasteiger partial charge in [0.15, 0.2) is 9.84 Å². The van der Waals surface area contributed by atoms with Gasteiger partial charge in [0.05, 0.1) is 5.75 Å². The Hall–Kier alpha value is -1.70. The van der Waals surface area contributed by atoms with Crippen LogP contribution < -0.4 is 5.32 Å². The monoisotopic (exact) mass is 439 g/mol. The number of amides is 1. The molecule has 1 amide bonds. The first kappa shape index (κ1) is 20.6. The highest BCUT2D eigenvalue weighted by molar-refractivity contribution is 9.10. The number of aliphatic hydroxyl groups excluding tert-OH is 1. The molecule has 2 N–H and O–H groups in total. The lowest BCUT2D eigenvalue weighted by molar-refractivity contribution is -0.118. The molecule has 0 bridgehead atoms. The van der Waals surface area contributed by atoms with Crippen LogP contribution in [0.25, 0.3) is 0 Å². The highest BCUT2D eigenvalue weighted by atomic mass is 79.9. The molecule has 2 rings (SSSR count). The quantitative estimate of drug-likeness (QED) is 0.628. The molecule has 0 aliphatic rings. The lowest BCUT2D eigenvalue weighted by atomic mass is 9.96. The number of halogens is 1. The number of hydrogen-bond donors (Lipinski definition) is 2. The second kappa shape index (κ2) is 9.85. The molecule has 2 aromatic carbocycles. The van der Waals surface area contributed by atoms with Gasteiger partial charge in [0, 0.05) is 23.5 Å². The van der Waals surface area contributed by atoms with Crippen LogP contribution in [-0.4, -0.2) is 38.3 Å². The lowest BCUT2D eigenvalue weighted by Gasteiger charge is -2.17. The van der Waals surface area contributed by atoms with Gasteiger partial charge in [-0.2, -0.15) is 0 Å². The van der Waals surface area contributed by atoms with E-state index in [4.69, 9.17) is 0 Å². The van der Waals surface area contributed by atoms with Gasteiger partial charge in [-0.25, -0.2) is 8.42 Å². The fraction of sp³-hybridized carbons (Fsp3) is 0.316. The van der Waals surface area contributed by atoms with Crippen molar-refractivity contribution in [3.8, 4) is 0 Å². The third kappa shape index (κ3) is 6.90. The van der Waals surface area contributed by atoms with Gasteiger partial charge in [0.1, 0.15) is 5.75 Å². The zero-order valence-electron chi connectivity index (χ0n) is 14.3. The van der Waals surface area contributed by atoms with Gasteiger partial charge in [-0.15, -0.1) is 0 Å². The van der Waals surface area contributed by atoms with Gasteiger partial charge in [-0.1, -0.05) is 58.4 Å². The molecule has 0 saturated carbocycles. The predicted octanol–water partition coefficient (Wildman–Crippen LogP) is 2.65. The molecule has 1 unspecified atom stereocenters. The summed E-state index contributed by atoms with van der Waals surface area (Å²) in [5, 5.41) is 11.9. The van der Waals surface area contributed by atoms with Crippen LogP contribution in [0.3, 0.4) is 0 Å². The van der Waals surface area contributed by atoms with Crippen LogP contribution in [-0.2, 0) is 20.4 Å². The summed E-state index contributed by atoms with van der Waals surface area (Å²) < 4.78 is 25.3. The van der Waals surface area contributed by atoms with E-state index in [0.29, 0.717) is 12.0 Å². The minimum absolute atomic E-state index is 0.00268. The van der Waals surface area contributed by atoms with Crippen molar-refractivity contribution in [3.05, 3.63) is 70.2 Å². The molecule has 0 fully saturated rings. The maximum Gasteiger partial charge on any atom is 0.235 e. The Balaban J connectivity index is 1.91. The smallest absolute Gasteiger partial charge is 0.235 e. The van der Waals surface area contributed by atoms with Crippen LogP contribution >= 0.6 is 15.9 Å². The molecule has 0 radical (unpaired) electrons. The van der Waals surface area contributed by atoms with E-state index in [1.165, 1.54) is 0 Å². The van der Waals surface area contributed by atoms with E-state index in [1.807, 2.05) is 30.3 Å². The average molecular weight is 440 g/mol. The second-order valence-electron chi connectivity index (χ2n) is 6.08. The van der Waals surface area contributed by atoms with Crippen LogP contribution in [0.1, 0.15) is 23.5 Å². The molecule has 1 atom stereocenters. The predicted molar refractivity (Wildman–Crippen MR) is 106 cm³/mol. The van der Waals surface area contributed by atoms with E-state index in [2.05, 4.69) is 21.2 Å². The Morgan fingerprint density at radius 2 is 1.73 bits per heavy atom. The number of aliphatic hydroxyl groups is 1. The number of hydrogen-bond acceptors (Lipinski definition) is 4. The molecule has 2 aromatic rings. The largest absolute Gasteiger partial charge is 0.396 e. The highest BCUT2D eigenvalue weighted by Gasteiger charge is 2.19. The van der Waals surface area contributed by atoms with Crippen LogP contribution in [0.2, 0.25) is 0 Å². The molecular formula is C19H22BrNO4S. The Kier molecular flexibility index (Phi) is 7.81. The highest BCUT2D eigenvalue weighted by Crippen LogP contribution is 2.18. The van der Waals surface area contributed by atoms with Gasteiger partial charge in [-0.05, 0) is 29.7 Å². The summed E-state index contributed by atoms with van der Waals surface area (Å²) in [5.74, 6) is -1.31. The number of nitrogens with one attached hydrogen (secondary N) is 1. The third-order valence-electron chi connectivity index (χ3n) is 3.95. The van der Waals surface area contributed by atoms with Gasteiger partial charge < -0.3 is 10.4 Å². The van der Waals surface area contributed by atoms with Crippen molar-refractivity contribution < 1.29 is 18.3 Å². The summed E-state index contributed by atoms with van der Waals surface area (Å²) in [6, 6.07) is 16.5. The Bertz CT molecular complexity index is 807. The topological polar surface area (TPSA) is 83.5 Å². The van der Waals surface area contributed by atoms with Gasteiger partial charge >= 0.3 is 0 Å². The molecular weight excluding hydrogens is 418 g/mol. The van der Waals surface area contributed by atoms with E-state index in [9.17, 15) is 18.3 Å². The van der Waals surface area contributed by atoms with Crippen molar-refractivity contribution in [1.82, 2.24) is 5.32 Å². The Morgan fingerprint density at radius 1 is 1.08 bits per heavy atom. The minimum atomic E-state index is -3.55. The van der Waals surface area contributed by atoms with Gasteiger partial charge in [0.2, 0.25) is 5.91 Å². The summed E-state index contributed by atoms with van der Waals surface area (Å²) in [6.07, 6.45) is 0.496. The SMILES string of the molecule is O=C(CS(=O)(=O)Cc1ccc(Br)cc1)NCC(CCO)c1ccccc1. The fourth-order valence-electron chi connectivity index (χ4n) is 2.64. The maximum atomic E-state index is 12.2. The zero-order chi connectivity index (χ0) is 19.0. The van der Waals surface area contributed by atoms with Crippen molar-refractivity contribution in [2.45, 2.75) is 18.1 Å².